The second kappa shape index (κ2) is 4.98. The Balaban J connectivity index is 2.14. The van der Waals surface area contributed by atoms with Crippen molar-refractivity contribution in [2.75, 3.05) is 19.6 Å². The van der Waals surface area contributed by atoms with E-state index in [4.69, 9.17) is 0 Å². The molecule has 1 fully saturated rings. The molecule has 88 valence electrons. The fraction of sp³-hybridized carbons (Fsp3) is 0.571. The van der Waals surface area contributed by atoms with E-state index in [1.54, 1.807) is 0 Å². The highest BCUT2D eigenvalue weighted by molar-refractivity contribution is 5.38. The van der Waals surface area contributed by atoms with Crippen molar-refractivity contribution in [1.82, 2.24) is 10.6 Å². The van der Waals surface area contributed by atoms with Crippen molar-refractivity contribution >= 4 is 0 Å². The largest absolute Gasteiger partial charge is 0.314 e. The van der Waals surface area contributed by atoms with Crippen LogP contribution in [-0.2, 0) is 6.42 Å². The van der Waals surface area contributed by atoms with Gasteiger partial charge in [0.2, 0.25) is 0 Å². The smallest absolute Gasteiger partial charge is 0.0233 e. The van der Waals surface area contributed by atoms with E-state index in [1.807, 2.05) is 0 Å². The normalized spacial score (nSPS) is 21.1. The van der Waals surface area contributed by atoms with E-state index < -0.39 is 0 Å². The number of piperazine rings is 1. The molecule has 2 rings (SSSR count). The molecule has 2 N–H and O–H groups in total. The van der Waals surface area contributed by atoms with Crippen molar-refractivity contribution in [3.05, 3.63) is 34.4 Å². The molecule has 1 atom stereocenters. The Labute approximate surface area is 98.4 Å². The van der Waals surface area contributed by atoms with Crippen LogP contribution in [0.15, 0.2) is 12.1 Å². The standard InChI is InChI=1S/C14H22N2/c1-10-6-11(2)14(12(3)7-10)8-13-9-15-4-5-16-13/h6-7,13,15-16H,4-5,8-9H2,1-3H3/t13-/m1/s1. The zero-order valence-electron chi connectivity index (χ0n) is 10.6. The average molecular weight is 218 g/mol. The molecule has 1 aliphatic heterocycles. The Morgan fingerprint density at radius 3 is 2.38 bits per heavy atom. The Hall–Kier alpha value is -0.860. The quantitative estimate of drug-likeness (QED) is 0.790. The molecule has 0 saturated carbocycles. The van der Waals surface area contributed by atoms with Gasteiger partial charge >= 0.3 is 0 Å². The number of aryl methyl sites for hydroxylation is 3. The molecule has 0 amide bonds. The van der Waals surface area contributed by atoms with Gasteiger partial charge in [-0.05, 0) is 43.9 Å². The molecule has 1 aromatic rings. The van der Waals surface area contributed by atoms with Gasteiger partial charge in [0, 0.05) is 25.7 Å². The molecule has 0 aromatic heterocycles. The van der Waals surface area contributed by atoms with E-state index in [9.17, 15) is 0 Å². The van der Waals surface area contributed by atoms with Crippen LogP contribution < -0.4 is 10.6 Å². The Morgan fingerprint density at radius 2 is 1.81 bits per heavy atom. The zero-order valence-corrected chi connectivity index (χ0v) is 10.6. The predicted molar refractivity (Wildman–Crippen MR) is 69.0 cm³/mol. The lowest BCUT2D eigenvalue weighted by molar-refractivity contribution is 0.416. The third-order valence-electron chi connectivity index (χ3n) is 3.42. The number of benzene rings is 1. The highest BCUT2D eigenvalue weighted by atomic mass is 15.0. The van der Waals surface area contributed by atoms with E-state index in [0.29, 0.717) is 6.04 Å². The molecule has 0 spiro atoms. The topological polar surface area (TPSA) is 24.1 Å². The first-order valence-electron chi connectivity index (χ1n) is 6.17. The molecule has 2 nitrogen and oxygen atoms in total. The van der Waals surface area contributed by atoms with Crippen molar-refractivity contribution in [3.63, 3.8) is 0 Å². The minimum absolute atomic E-state index is 0.592. The monoisotopic (exact) mass is 218 g/mol. The maximum Gasteiger partial charge on any atom is 0.0233 e. The predicted octanol–water partition coefficient (Wildman–Crippen LogP) is 1.72. The number of hydrogen-bond acceptors (Lipinski definition) is 2. The molecule has 1 aliphatic rings. The number of nitrogens with one attached hydrogen (secondary N) is 2. The Morgan fingerprint density at radius 1 is 1.12 bits per heavy atom. The van der Waals surface area contributed by atoms with Crippen LogP contribution in [0.4, 0.5) is 0 Å². The van der Waals surface area contributed by atoms with Crippen molar-refractivity contribution in [3.8, 4) is 0 Å². The van der Waals surface area contributed by atoms with E-state index in [0.717, 1.165) is 26.1 Å². The fourth-order valence-corrected chi connectivity index (χ4v) is 2.64. The lowest BCUT2D eigenvalue weighted by Gasteiger charge is -2.26. The highest BCUT2D eigenvalue weighted by Gasteiger charge is 2.14. The SMILES string of the molecule is Cc1cc(C)c(C[C@@H]2CNCCN2)c(C)c1. The summed E-state index contributed by atoms with van der Waals surface area (Å²) in [5.74, 6) is 0. The molecular formula is C14H22N2. The second-order valence-electron chi connectivity index (χ2n) is 4.94. The molecule has 16 heavy (non-hydrogen) atoms. The van der Waals surface area contributed by atoms with Crippen LogP contribution in [0.25, 0.3) is 0 Å². The van der Waals surface area contributed by atoms with Gasteiger partial charge in [-0.3, -0.25) is 0 Å². The molecule has 1 heterocycles. The van der Waals surface area contributed by atoms with Gasteiger partial charge in [-0.1, -0.05) is 17.7 Å². The van der Waals surface area contributed by atoms with Crippen LogP contribution in [0.3, 0.4) is 0 Å². The number of rotatable bonds is 2. The zero-order chi connectivity index (χ0) is 11.5. The van der Waals surface area contributed by atoms with Gasteiger partial charge in [-0.2, -0.15) is 0 Å². The van der Waals surface area contributed by atoms with Gasteiger partial charge in [0.1, 0.15) is 0 Å². The molecule has 2 heteroatoms. The molecule has 0 unspecified atom stereocenters. The van der Waals surface area contributed by atoms with E-state index >= 15 is 0 Å². The lowest BCUT2D eigenvalue weighted by atomic mass is 9.94. The summed E-state index contributed by atoms with van der Waals surface area (Å²) in [6.45, 7) is 9.91. The van der Waals surface area contributed by atoms with Crippen LogP contribution >= 0.6 is 0 Å². The summed E-state index contributed by atoms with van der Waals surface area (Å²) in [6, 6.07) is 5.17. The molecule has 0 bridgehead atoms. The van der Waals surface area contributed by atoms with E-state index in [1.165, 1.54) is 22.3 Å². The second-order valence-corrected chi connectivity index (χ2v) is 4.94. The summed E-state index contributed by atoms with van der Waals surface area (Å²) in [4.78, 5) is 0. The van der Waals surface area contributed by atoms with Crippen LogP contribution in [0.2, 0.25) is 0 Å². The van der Waals surface area contributed by atoms with Gasteiger partial charge < -0.3 is 10.6 Å². The third kappa shape index (κ3) is 2.63. The van der Waals surface area contributed by atoms with Crippen molar-refractivity contribution in [2.24, 2.45) is 0 Å². The van der Waals surface area contributed by atoms with Crippen molar-refractivity contribution in [1.29, 1.82) is 0 Å². The van der Waals surface area contributed by atoms with Gasteiger partial charge in [-0.25, -0.2) is 0 Å². The molecule has 0 aliphatic carbocycles. The minimum atomic E-state index is 0.592. The molecule has 1 aromatic carbocycles. The van der Waals surface area contributed by atoms with Gasteiger partial charge in [0.15, 0.2) is 0 Å². The summed E-state index contributed by atoms with van der Waals surface area (Å²) < 4.78 is 0. The van der Waals surface area contributed by atoms with Crippen molar-refractivity contribution in [2.45, 2.75) is 33.2 Å². The van der Waals surface area contributed by atoms with Crippen LogP contribution in [0, 0.1) is 20.8 Å². The third-order valence-corrected chi connectivity index (χ3v) is 3.42. The van der Waals surface area contributed by atoms with Crippen LogP contribution in [0.5, 0.6) is 0 Å². The van der Waals surface area contributed by atoms with Crippen LogP contribution in [0.1, 0.15) is 22.3 Å². The Bertz CT molecular complexity index is 342. The highest BCUT2D eigenvalue weighted by Crippen LogP contribution is 2.18. The maximum absolute atomic E-state index is 3.57. The van der Waals surface area contributed by atoms with Gasteiger partial charge in [0.25, 0.3) is 0 Å². The first kappa shape index (κ1) is 11.6. The van der Waals surface area contributed by atoms with Crippen LogP contribution in [-0.4, -0.2) is 25.7 Å². The summed E-state index contributed by atoms with van der Waals surface area (Å²) in [6.07, 6.45) is 1.14. The van der Waals surface area contributed by atoms with Gasteiger partial charge in [0.05, 0.1) is 0 Å². The van der Waals surface area contributed by atoms with Crippen molar-refractivity contribution < 1.29 is 0 Å². The first-order valence-corrected chi connectivity index (χ1v) is 6.17. The average Bonchev–Trinajstić information content (AvgIpc) is 2.25. The van der Waals surface area contributed by atoms with Gasteiger partial charge in [-0.15, -0.1) is 0 Å². The van der Waals surface area contributed by atoms with E-state index in [2.05, 4.69) is 43.5 Å². The molecule has 1 saturated heterocycles. The first-order chi connectivity index (χ1) is 7.66. The number of hydrogen-bond donors (Lipinski definition) is 2. The summed E-state index contributed by atoms with van der Waals surface area (Å²) in [7, 11) is 0. The fourth-order valence-electron chi connectivity index (χ4n) is 2.64. The minimum Gasteiger partial charge on any atom is -0.314 e. The maximum atomic E-state index is 3.57. The molecular weight excluding hydrogens is 196 g/mol. The Kier molecular flexibility index (Phi) is 3.62. The summed E-state index contributed by atoms with van der Waals surface area (Å²) >= 11 is 0. The summed E-state index contributed by atoms with van der Waals surface area (Å²) in [5, 5.41) is 7.02. The summed E-state index contributed by atoms with van der Waals surface area (Å²) in [5.41, 5.74) is 5.76. The van der Waals surface area contributed by atoms with E-state index in [-0.39, 0.29) is 0 Å². The lowest BCUT2D eigenvalue weighted by Crippen LogP contribution is -2.49. The molecule has 0 radical (unpaired) electrons.